The van der Waals surface area contributed by atoms with Crippen molar-refractivity contribution in [1.82, 2.24) is 14.9 Å². The van der Waals surface area contributed by atoms with Crippen molar-refractivity contribution < 1.29 is 9.90 Å². The van der Waals surface area contributed by atoms with Crippen LogP contribution in [-0.2, 0) is 11.3 Å². The summed E-state index contributed by atoms with van der Waals surface area (Å²) in [5.41, 5.74) is 0.426. The van der Waals surface area contributed by atoms with E-state index in [2.05, 4.69) is 10.3 Å². The molecule has 1 aliphatic heterocycles. The second kappa shape index (κ2) is 6.37. The maximum Gasteiger partial charge on any atom is 0.261 e. The summed E-state index contributed by atoms with van der Waals surface area (Å²) in [5.74, 6) is -0.0806. The number of benzene rings is 1. The van der Waals surface area contributed by atoms with E-state index >= 15 is 0 Å². The Morgan fingerprint density at radius 1 is 1.41 bits per heavy atom. The van der Waals surface area contributed by atoms with Gasteiger partial charge in [-0.25, -0.2) is 4.98 Å². The number of nitrogens with zero attached hydrogens (tertiary/aromatic N) is 2. The fraction of sp³-hybridized carbons (Fsp3) is 0.438. The van der Waals surface area contributed by atoms with E-state index in [1.165, 1.54) is 10.9 Å². The number of rotatable bonds is 4. The normalized spacial score (nSPS) is 21.9. The Morgan fingerprint density at radius 3 is 3.05 bits per heavy atom. The van der Waals surface area contributed by atoms with E-state index in [1.54, 1.807) is 18.2 Å². The SMILES string of the molecule is O=C(C[C@H]1CCNC[C@@H]1O)Cn1cnc2ccccc2c1=O. The van der Waals surface area contributed by atoms with Crippen LogP contribution in [-0.4, -0.2) is 39.6 Å². The molecule has 6 heteroatoms. The molecule has 2 N–H and O–H groups in total. The average Bonchev–Trinajstić information content (AvgIpc) is 2.53. The zero-order valence-corrected chi connectivity index (χ0v) is 12.2. The number of fused-ring (bicyclic) bond motifs is 1. The lowest BCUT2D eigenvalue weighted by Crippen LogP contribution is -2.41. The van der Waals surface area contributed by atoms with E-state index < -0.39 is 6.10 Å². The monoisotopic (exact) mass is 301 g/mol. The number of piperidine rings is 1. The molecule has 1 aromatic heterocycles. The third-order valence-corrected chi connectivity index (χ3v) is 4.16. The highest BCUT2D eigenvalue weighted by atomic mass is 16.3. The van der Waals surface area contributed by atoms with Crippen molar-refractivity contribution in [2.45, 2.75) is 25.5 Å². The van der Waals surface area contributed by atoms with Gasteiger partial charge in [0.25, 0.3) is 5.56 Å². The predicted octanol–water partition coefficient (Wildman–Crippen LogP) is 0.326. The number of aliphatic hydroxyl groups is 1. The molecule has 0 saturated carbocycles. The third-order valence-electron chi connectivity index (χ3n) is 4.16. The second-order valence-corrected chi connectivity index (χ2v) is 5.76. The van der Waals surface area contributed by atoms with Gasteiger partial charge in [0.15, 0.2) is 5.78 Å². The van der Waals surface area contributed by atoms with Crippen LogP contribution in [0.1, 0.15) is 12.8 Å². The lowest BCUT2D eigenvalue weighted by molar-refractivity contribution is -0.121. The van der Waals surface area contributed by atoms with E-state index in [9.17, 15) is 14.7 Å². The molecule has 2 heterocycles. The van der Waals surface area contributed by atoms with Gasteiger partial charge in [0.05, 0.1) is 29.9 Å². The van der Waals surface area contributed by atoms with E-state index in [0.717, 1.165) is 13.0 Å². The molecule has 0 aliphatic carbocycles. The molecule has 1 aliphatic rings. The van der Waals surface area contributed by atoms with Gasteiger partial charge in [0, 0.05) is 13.0 Å². The van der Waals surface area contributed by atoms with Crippen LogP contribution in [0.3, 0.4) is 0 Å². The zero-order chi connectivity index (χ0) is 15.5. The Balaban J connectivity index is 1.74. The Morgan fingerprint density at radius 2 is 2.23 bits per heavy atom. The first kappa shape index (κ1) is 14.9. The first-order chi connectivity index (χ1) is 10.6. The largest absolute Gasteiger partial charge is 0.392 e. The smallest absolute Gasteiger partial charge is 0.261 e. The van der Waals surface area contributed by atoms with Crippen molar-refractivity contribution in [1.29, 1.82) is 0 Å². The van der Waals surface area contributed by atoms with Crippen molar-refractivity contribution >= 4 is 16.7 Å². The summed E-state index contributed by atoms with van der Waals surface area (Å²) in [6.45, 7) is 1.34. The molecule has 1 fully saturated rings. The molecule has 0 amide bonds. The number of para-hydroxylation sites is 1. The standard InChI is InChI=1S/C16H19N3O3/c20-12(7-11-5-6-17-8-15(11)21)9-19-10-18-14-4-2-1-3-13(14)16(19)22/h1-4,10-11,15,17,21H,5-9H2/t11-,15+/m1/s1. The van der Waals surface area contributed by atoms with Crippen LogP contribution in [0.5, 0.6) is 0 Å². The van der Waals surface area contributed by atoms with Crippen molar-refractivity contribution in [3.05, 3.63) is 40.9 Å². The Hall–Kier alpha value is -2.05. The van der Waals surface area contributed by atoms with Crippen LogP contribution in [0.4, 0.5) is 0 Å². The van der Waals surface area contributed by atoms with Crippen LogP contribution < -0.4 is 10.9 Å². The summed E-state index contributed by atoms with van der Waals surface area (Å²) >= 11 is 0. The average molecular weight is 301 g/mol. The molecule has 0 radical (unpaired) electrons. The quantitative estimate of drug-likeness (QED) is 0.850. The van der Waals surface area contributed by atoms with Crippen LogP contribution >= 0.6 is 0 Å². The van der Waals surface area contributed by atoms with Gasteiger partial charge in [0.1, 0.15) is 0 Å². The molecular formula is C16H19N3O3. The molecule has 3 rings (SSSR count). The predicted molar refractivity (Wildman–Crippen MR) is 82.6 cm³/mol. The number of ketones is 1. The molecule has 0 unspecified atom stereocenters. The van der Waals surface area contributed by atoms with Crippen molar-refractivity contribution in [3.8, 4) is 0 Å². The van der Waals surface area contributed by atoms with Crippen molar-refractivity contribution in [3.63, 3.8) is 0 Å². The highest BCUT2D eigenvalue weighted by Crippen LogP contribution is 2.17. The number of hydrogen-bond donors (Lipinski definition) is 2. The van der Waals surface area contributed by atoms with Crippen LogP contribution in [0.15, 0.2) is 35.4 Å². The minimum atomic E-state index is -0.496. The maximum atomic E-state index is 12.3. The Labute approximate surface area is 127 Å². The number of aliphatic hydroxyl groups excluding tert-OH is 1. The molecule has 22 heavy (non-hydrogen) atoms. The van der Waals surface area contributed by atoms with Gasteiger partial charge >= 0.3 is 0 Å². The lowest BCUT2D eigenvalue weighted by atomic mass is 9.90. The van der Waals surface area contributed by atoms with Crippen LogP contribution in [0.25, 0.3) is 10.9 Å². The highest BCUT2D eigenvalue weighted by molar-refractivity contribution is 5.80. The van der Waals surface area contributed by atoms with Crippen LogP contribution in [0, 0.1) is 5.92 Å². The number of β-amino-alcohol motifs (C(OH)–C–C–N with tert-alkyl or cyclic N) is 1. The first-order valence-corrected chi connectivity index (χ1v) is 7.50. The van der Waals surface area contributed by atoms with Gasteiger partial charge in [-0.05, 0) is 31.0 Å². The fourth-order valence-corrected chi connectivity index (χ4v) is 2.90. The van der Waals surface area contributed by atoms with Crippen LogP contribution in [0.2, 0.25) is 0 Å². The third kappa shape index (κ3) is 3.08. The van der Waals surface area contributed by atoms with E-state index in [1.807, 2.05) is 6.07 Å². The van der Waals surface area contributed by atoms with Crippen molar-refractivity contribution in [2.75, 3.05) is 13.1 Å². The molecule has 6 nitrogen and oxygen atoms in total. The Kier molecular flexibility index (Phi) is 4.31. The molecule has 2 aromatic rings. The van der Waals surface area contributed by atoms with Crippen molar-refractivity contribution in [2.24, 2.45) is 5.92 Å². The van der Waals surface area contributed by atoms with Gasteiger partial charge in [-0.2, -0.15) is 0 Å². The zero-order valence-electron chi connectivity index (χ0n) is 12.2. The summed E-state index contributed by atoms with van der Waals surface area (Å²) < 4.78 is 1.35. The molecule has 0 bridgehead atoms. The number of hydrogen-bond acceptors (Lipinski definition) is 5. The summed E-state index contributed by atoms with van der Waals surface area (Å²) in [7, 11) is 0. The number of carbonyl (C=O) groups excluding carboxylic acids is 1. The van der Waals surface area contributed by atoms with Gasteiger partial charge in [-0.1, -0.05) is 12.1 Å². The molecule has 116 valence electrons. The van der Waals surface area contributed by atoms with Gasteiger partial charge in [-0.3, -0.25) is 14.2 Å². The van der Waals surface area contributed by atoms with Gasteiger partial charge < -0.3 is 10.4 Å². The molecule has 0 spiro atoms. The minimum Gasteiger partial charge on any atom is -0.392 e. The lowest BCUT2D eigenvalue weighted by Gasteiger charge is -2.27. The van der Waals surface area contributed by atoms with E-state index in [4.69, 9.17) is 0 Å². The Bertz CT molecular complexity index is 741. The summed E-state index contributed by atoms with van der Waals surface area (Å²) in [6.07, 6.45) is 1.99. The molecule has 1 saturated heterocycles. The van der Waals surface area contributed by atoms with Gasteiger partial charge in [-0.15, -0.1) is 0 Å². The van der Waals surface area contributed by atoms with E-state index in [-0.39, 0.29) is 23.8 Å². The molecule has 1 aromatic carbocycles. The maximum absolute atomic E-state index is 12.3. The molecule has 2 atom stereocenters. The number of Topliss-reactive ketones (excluding diaryl/α,β-unsaturated/α-hetero) is 1. The summed E-state index contributed by atoms with van der Waals surface area (Å²) in [5, 5.41) is 13.5. The van der Waals surface area contributed by atoms with Gasteiger partial charge in [0.2, 0.25) is 0 Å². The summed E-state index contributed by atoms with van der Waals surface area (Å²) in [4.78, 5) is 28.7. The number of nitrogens with one attached hydrogen (secondary N) is 1. The molecular weight excluding hydrogens is 282 g/mol. The summed E-state index contributed by atoms with van der Waals surface area (Å²) in [6, 6.07) is 7.09. The second-order valence-electron chi connectivity index (χ2n) is 5.76. The highest BCUT2D eigenvalue weighted by Gasteiger charge is 2.25. The topological polar surface area (TPSA) is 84.2 Å². The number of carbonyl (C=O) groups is 1. The van der Waals surface area contributed by atoms with E-state index in [0.29, 0.717) is 23.9 Å². The fourth-order valence-electron chi connectivity index (χ4n) is 2.90. The first-order valence-electron chi connectivity index (χ1n) is 7.50. The number of aromatic nitrogens is 2. The minimum absolute atomic E-state index is 0.00726.